The van der Waals surface area contributed by atoms with E-state index in [-0.39, 0.29) is 43.0 Å². The number of aryl methyl sites for hydroxylation is 2. The number of sulfonamides is 1. The number of carbonyl (C=O) groups excluding carboxylic acids is 4. The van der Waals surface area contributed by atoms with Crippen LogP contribution in [0.15, 0.2) is 65.6 Å². The van der Waals surface area contributed by atoms with Crippen molar-refractivity contribution >= 4 is 39.6 Å². The molecule has 4 amide bonds. The van der Waals surface area contributed by atoms with Gasteiger partial charge in [0.15, 0.2) is 6.10 Å². The number of aliphatic hydroxyl groups excluding tert-OH is 1. The van der Waals surface area contributed by atoms with Crippen LogP contribution in [-0.4, -0.2) is 96.7 Å². The minimum absolute atomic E-state index is 0.00837. The van der Waals surface area contributed by atoms with Crippen LogP contribution in [0.3, 0.4) is 0 Å². The van der Waals surface area contributed by atoms with Gasteiger partial charge in [-0.25, -0.2) is 13.1 Å². The number of rotatable bonds is 22. The highest BCUT2D eigenvalue weighted by Crippen LogP contribution is 2.43. The van der Waals surface area contributed by atoms with Gasteiger partial charge in [0.05, 0.1) is 22.6 Å². The molecule has 16 nitrogen and oxygen atoms in total. The third-order valence-electron chi connectivity index (χ3n) is 12.5. The van der Waals surface area contributed by atoms with Crippen molar-refractivity contribution in [3.8, 4) is 5.75 Å². The van der Waals surface area contributed by atoms with E-state index in [0.717, 1.165) is 29.5 Å². The highest BCUT2D eigenvalue weighted by molar-refractivity contribution is 7.90. The fourth-order valence-corrected chi connectivity index (χ4v) is 10.0. The monoisotopic (exact) mass is 960 g/mol. The van der Waals surface area contributed by atoms with Gasteiger partial charge in [-0.15, -0.1) is 0 Å². The molecule has 1 heterocycles. The zero-order chi connectivity index (χ0) is 50.2. The number of carbonyl (C=O) groups is 4. The average Bonchev–Trinajstić information content (AvgIpc) is 3.89. The topological polar surface area (TPSA) is 237 Å². The molecular weight excluding hydrogens is 887 g/mol. The Morgan fingerprint density at radius 3 is 2.01 bits per heavy atom. The molecule has 5 rings (SSSR count). The summed E-state index contributed by atoms with van der Waals surface area (Å²) in [4.78, 5) is 55.6. The minimum Gasteiger partial charge on any atom is -0.487 e. The first kappa shape index (κ1) is 53.4. The lowest BCUT2D eigenvalue weighted by Gasteiger charge is -2.33. The van der Waals surface area contributed by atoms with Crippen molar-refractivity contribution in [3.63, 3.8) is 0 Å². The summed E-state index contributed by atoms with van der Waals surface area (Å²) in [7, 11) is -4.21. The molecule has 17 heteroatoms. The molecule has 0 spiro atoms. The molecule has 2 aliphatic rings. The quantitative estimate of drug-likeness (QED) is 0.0387. The SMILES string of the molecule is Cc1c(C)c(S(=O)(=O)NC(=N)NCCC[C@H](NC(=O)[C@H](NC(=O)[C@H](CCc2ccccc2)NC(=O)CCc2ccccc2)[C@@H](C)OC(C)(C)C)C(O)C(=O)NC2(C)CC2)c(C)c2c1OC(C)(C)C2. The van der Waals surface area contributed by atoms with Gasteiger partial charge in [0, 0.05) is 30.5 Å². The lowest BCUT2D eigenvalue weighted by Crippen LogP contribution is -2.61. The fourth-order valence-electron chi connectivity index (χ4n) is 8.52. The second-order valence-electron chi connectivity index (χ2n) is 20.3. The molecule has 1 unspecified atom stereocenters. The summed E-state index contributed by atoms with van der Waals surface area (Å²) in [6, 6.07) is 15.5. The van der Waals surface area contributed by atoms with E-state index < -0.39 is 80.8 Å². The Morgan fingerprint density at radius 2 is 1.43 bits per heavy atom. The number of ether oxygens (including phenoxy) is 2. The molecule has 0 bridgehead atoms. The number of amides is 4. The second-order valence-corrected chi connectivity index (χ2v) is 21.9. The summed E-state index contributed by atoms with van der Waals surface area (Å²) >= 11 is 0. The van der Waals surface area contributed by atoms with E-state index in [0.29, 0.717) is 41.7 Å². The maximum absolute atomic E-state index is 14.5. The molecule has 1 aliphatic heterocycles. The first-order valence-corrected chi connectivity index (χ1v) is 25.1. The Balaban J connectivity index is 1.30. The van der Waals surface area contributed by atoms with E-state index in [1.807, 2.05) is 88.4 Å². The number of nitrogens with one attached hydrogen (secondary N) is 7. The maximum Gasteiger partial charge on any atom is 0.264 e. The zero-order valence-electron chi connectivity index (χ0n) is 41.4. The van der Waals surface area contributed by atoms with E-state index in [1.165, 1.54) is 0 Å². The number of guanidine groups is 1. The third kappa shape index (κ3) is 15.0. The Kier molecular flexibility index (Phi) is 17.5. The van der Waals surface area contributed by atoms with Crippen LogP contribution in [0.4, 0.5) is 0 Å². The summed E-state index contributed by atoms with van der Waals surface area (Å²) in [5.74, 6) is -2.17. The van der Waals surface area contributed by atoms with Crippen molar-refractivity contribution in [3.05, 3.63) is 94.0 Å². The zero-order valence-corrected chi connectivity index (χ0v) is 42.2. The van der Waals surface area contributed by atoms with Crippen molar-refractivity contribution in [2.45, 2.75) is 179 Å². The normalized spacial score (nSPS) is 16.9. The van der Waals surface area contributed by atoms with Crippen molar-refractivity contribution in [1.82, 2.24) is 31.3 Å². The van der Waals surface area contributed by atoms with Crippen molar-refractivity contribution in [2.75, 3.05) is 6.54 Å². The van der Waals surface area contributed by atoms with E-state index in [9.17, 15) is 32.7 Å². The van der Waals surface area contributed by atoms with Crippen molar-refractivity contribution in [1.29, 1.82) is 5.41 Å². The maximum atomic E-state index is 14.5. The number of hydrogen-bond acceptors (Lipinski definition) is 10. The standard InChI is InChI=1S/C51H73N7O9S/c1-31-32(2)44(33(3)37-30-50(8,9)67-43(31)37)68(64,65)58-48(52)53-29-17-22-38(42(60)47(63)57-51(10)27-28-51)55-46(62)41(34(4)66-49(5,6)7)56-45(61)39(25-23-35-18-13-11-14-19-35)54-40(59)26-24-36-20-15-12-16-21-36/h11-16,18-21,34,38-39,41-42,60H,17,22-30H2,1-10H3,(H,54,59)(H,55,62)(H,56,61)(H,57,63)(H3,52,53,58)/t34-,38+,39+,41-,42?/m1/s1. The van der Waals surface area contributed by atoms with Crippen molar-refractivity contribution in [2.24, 2.45) is 0 Å². The fraction of sp³-hybridized carbons (Fsp3) is 0.549. The lowest BCUT2D eigenvalue weighted by molar-refractivity contribution is -0.140. The highest BCUT2D eigenvalue weighted by Gasteiger charge is 2.42. The van der Waals surface area contributed by atoms with E-state index in [1.54, 1.807) is 41.5 Å². The molecule has 0 saturated heterocycles. The number of fused-ring (bicyclic) bond motifs is 1. The number of benzene rings is 3. The van der Waals surface area contributed by atoms with Crippen LogP contribution in [0.1, 0.15) is 120 Å². The molecule has 68 heavy (non-hydrogen) atoms. The van der Waals surface area contributed by atoms with Gasteiger partial charge >= 0.3 is 0 Å². The van der Waals surface area contributed by atoms with Crippen LogP contribution >= 0.6 is 0 Å². The van der Waals surface area contributed by atoms with E-state index in [2.05, 4.69) is 31.3 Å². The van der Waals surface area contributed by atoms with E-state index in [4.69, 9.17) is 14.9 Å². The van der Waals surface area contributed by atoms with Gasteiger partial charge in [-0.1, -0.05) is 60.7 Å². The Bertz CT molecular complexity index is 2400. The molecule has 8 N–H and O–H groups in total. The summed E-state index contributed by atoms with van der Waals surface area (Å²) in [6.45, 7) is 18.1. The summed E-state index contributed by atoms with van der Waals surface area (Å²) in [5, 5.41) is 34.2. The summed E-state index contributed by atoms with van der Waals surface area (Å²) in [5.41, 5.74) is 2.82. The van der Waals surface area contributed by atoms with Gasteiger partial charge < -0.3 is 41.2 Å². The predicted molar refractivity (Wildman–Crippen MR) is 262 cm³/mol. The Morgan fingerprint density at radius 1 is 0.824 bits per heavy atom. The highest BCUT2D eigenvalue weighted by atomic mass is 32.2. The van der Waals surface area contributed by atoms with Crippen LogP contribution in [0.5, 0.6) is 5.75 Å². The van der Waals surface area contributed by atoms with Crippen LogP contribution < -0.4 is 36.0 Å². The Hall–Kier alpha value is -5.52. The predicted octanol–water partition coefficient (Wildman–Crippen LogP) is 4.86. The minimum atomic E-state index is -4.21. The Labute approximate surface area is 402 Å². The summed E-state index contributed by atoms with van der Waals surface area (Å²) < 4.78 is 42.3. The van der Waals surface area contributed by atoms with Gasteiger partial charge in [-0.3, -0.25) is 24.6 Å². The molecule has 1 fully saturated rings. The average molecular weight is 960 g/mol. The molecule has 3 aromatic carbocycles. The first-order chi connectivity index (χ1) is 31.8. The number of aliphatic hydroxyl groups is 1. The smallest absolute Gasteiger partial charge is 0.264 e. The van der Waals surface area contributed by atoms with Crippen molar-refractivity contribution < 1.29 is 42.2 Å². The van der Waals surface area contributed by atoms with Gasteiger partial charge in [0.25, 0.3) is 15.9 Å². The van der Waals surface area contributed by atoms with Gasteiger partial charge in [-0.2, -0.15) is 0 Å². The molecule has 1 aliphatic carbocycles. The second kappa shape index (κ2) is 22.3. The van der Waals surface area contributed by atoms with Crippen LogP contribution in [0.25, 0.3) is 0 Å². The first-order valence-electron chi connectivity index (χ1n) is 23.6. The summed E-state index contributed by atoms with van der Waals surface area (Å²) in [6.07, 6.45) is 0.817. The van der Waals surface area contributed by atoms with Crippen LogP contribution in [0, 0.1) is 26.2 Å². The lowest BCUT2D eigenvalue weighted by atomic mass is 9.94. The van der Waals surface area contributed by atoms with Gasteiger partial charge in [0.1, 0.15) is 23.4 Å². The molecule has 5 atom stereocenters. The molecule has 0 radical (unpaired) electrons. The largest absolute Gasteiger partial charge is 0.487 e. The number of hydrogen-bond donors (Lipinski definition) is 8. The van der Waals surface area contributed by atoms with E-state index >= 15 is 0 Å². The molecule has 372 valence electrons. The molecule has 1 saturated carbocycles. The molecule has 0 aromatic heterocycles. The van der Waals surface area contributed by atoms with Gasteiger partial charge in [0.2, 0.25) is 23.7 Å². The molecule has 3 aromatic rings. The van der Waals surface area contributed by atoms with Crippen LogP contribution in [-0.2, 0) is 53.2 Å². The van der Waals surface area contributed by atoms with Gasteiger partial charge in [-0.05, 0) is 142 Å². The molecular formula is C51H73N7O9S. The van der Waals surface area contributed by atoms with Crippen LogP contribution in [0.2, 0.25) is 0 Å². The third-order valence-corrected chi connectivity index (χ3v) is 14.1.